The predicted octanol–water partition coefficient (Wildman–Crippen LogP) is 6.03. The Kier molecular flexibility index (Phi) is 4.64. The fourth-order valence-corrected chi connectivity index (χ4v) is 4.96. The van der Waals surface area contributed by atoms with Gasteiger partial charge in [0.1, 0.15) is 0 Å². The Hall–Kier alpha value is -3.37. The van der Waals surface area contributed by atoms with Crippen LogP contribution in [-0.2, 0) is 13.0 Å². The summed E-state index contributed by atoms with van der Waals surface area (Å²) in [5, 5.41) is 3.90. The smallest absolute Gasteiger partial charge is 0.249 e. The van der Waals surface area contributed by atoms with Crippen molar-refractivity contribution in [1.82, 2.24) is 4.57 Å². The van der Waals surface area contributed by atoms with Crippen LogP contribution in [0.25, 0.3) is 32.2 Å². The van der Waals surface area contributed by atoms with E-state index in [0.29, 0.717) is 5.56 Å². The van der Waals surface area contributed by atoms with Gasteiger partial charge in [0.25, 0.3) is 0 Å². The lowest BCUT2D eigenvalue weighted by Gasteiger charge is -2.12. The predicted molar refractivity (Wildman–Crippen MR) is 125 cm³/mol. The first kappa shape index (κ1) is 18.6. The van der Waals surface area contributed by atoms with Gasteiger partial charge < -0.3 is 10.3 Å². The third-order valence-corrected chi connectivity index (χ3v) is 6.61. The summed E-state index contributed by atoms with van der Waals surface area (Å²) in [7, 11) is 0. The molecule has 4 heteroatoms. The third-order valence-electron chi connectivity index (χ3n) is 5.69. The van der Waals surface area contributed by atoms with E-state index in [2.05, 4.69) is 71.5 Å². The number of aryl methyl sites for hydroxylation is 1. The summed E-state index contributed by atoms with van der Waals surface area (Å²) >= 11 is 1.71. The number of carbonyl (C=O) groups excluding carboxylic acids is 1. The number of fused-ring (bicyclic) bond motifs is 3. The van der Waals surface area contributed by atoms with Crippen LogP contribution in [0.2, 0.25) is 0 Å². The second-order valence-corrected chi connectivity index (χ2v) is 8.35. The van der Waals surface area contributed by atoms with Crippen molar-refractivity contribution in [2.45, 2.75) is 19.9 Å². The molecule has 0 fully saturated rings. The van der Waals surface area contributed by atoms with Crippen LogP contribution < -0.4 is 5.73 Å². The first-order valence-electron chi connectivity index (χ1n) is 10.0. The number of aromatic nitrogens is 1. The highest BCUT2D eigenvalue weighted by molar-refractivity contribution is 7.13. The quantitative estimate of drug-likeness (QED) is 0.378. The van der Waals surface area contributed by atoms with Gasteiger partial charge in [-0.3, -0.25) is 4.79 Å². The molecule has 0 aliphatic carbocycles. The van der Waals surface area contributed by atoms with Gasteiger partial charge in [0.05, 0.1) is 11.0 Å². The molecule has 5 rings (SSSR count). The number of nitrogens with two attached hydrogens (primary N) is 1. The number of benzene rings is 3. The highest BCUT2D eigenvalue weighted by Crippen LogP contribution is 2.35. The maximum atomic E-state index is 12.2. The maximum Gasteiger partial charge on any atom is 0.249 e. The molecule has 1 amide bonds. The Balaban J connectivity index is 1.82. The van der Waals surface area contributed by atoms with Crippen LogP contribution in [0.1, 0.15) is 28.4 Å². The molecule has 147 valence electrons. The van der Waals surface area contributed by atoms with Crippen molar-refractivity contribution >= 4 is 39.0 Å². The van der Waals surface area contributed by atoms with E-state index in [9.17, 15) is 4.79 Å². The highest BCUT2D eigenvalue weighted by atomic mass is 32.1. The van der Waals surface area contributed by atoms with E-state index in [0.717, 1.165) is 40.3 Å². The SMILES string of the molecule is CCc1ccccc1Cn1c2cc(-c3cccs3)c[c]c2c2c(C(N)=O)cccc21. The van der Waals surface area contributed by atoms with Crippen LogP contribution >= 0.6 is 11.3 Å². The Bertz CT molecular complexity index is 1380. The number of carbonyl (C=O) groups is 1. The number of primary amides is 1. The lowest BCUT2D eigenvalue weighted by atomic mass is 10.0. The zero-order chi connectivity index (χ0) is 20.7. The monoisotopic (exact) mass is 409 g/mol. The van der Waals surface area contributed by atoms with Crippen molar-refractivity contribution in [1.29, 1.82) is 0 Å². The average Bonchev–Trinajstić information content (AvgIpc) is 3.41. The van der Waals surface area contributed by atoms with E-state index in [4.69, 9.17) is 5.73 Å². The molecule has 0 saturated heterocycles. The van der Waals surface area contributed by atoms with Gasteiger partial charge in [-0.1, -0.05) is 43.3 Å². The second kappa shape index (κ2) is 7.47. The topological polar surface area (TPSA) is 48.0 Å². The van der Waals surface area contributed by atoms with Crippen LogP contribution in [0, 0.1) is 6.07 Å². The molecule has 1 radical (unpaired) electrons. The van der Waals surface area contributed by atoms with Crippen LogP contribution in [0.4, 0.5) is 0 Å². The Morgan fingerprint density at radius 2 is 1.87 bits per heavy atom. The van der Waals surface area contributed by atoms with Crippen molar-refractivity contribution < 1.29 is 4.79 Å². The zero-order valence-corrected chi connectivity index (χ0v) is 17.5. The van der Waals surface area contributed by atoms with Crippen molar-refractivity contribution in [3.05, 3.63) is 94.9 Å². The van der Waals surface area contributed by atoms with Crippen LogP contribution in [0.3, 0.4) is 0 Å². The van der Waals surface area contributed by atoms with Crippen LogP contribution in [-0.4, -0.2) is 10.5 Å². The van der Waals surface area contributed by atoms with Crippen molar-refractivity contribution in [3.63, 3.8) is 0 Å². The van der Waals surface area contributed by atoms with E-state index in [-0.39, 0.29) is 0 Å². The van der Waals surface area contributed by atoms with E-state index < -0.39 is 5.91 Å². The van der Waals surface area contributed by atoms with E-state index in [1.54, 1.807) is 17.4 Å². The minimum absolute atomic E-state index is 0.413. The lowest BCUT2D eigenvalue weighted by molar-refractivity contribution is 0.100. The largest absolute Gasteiger partial charge is 0.366 e. The number of rotatable bonds is 5. The van der Waals surface area contributed by atoms with Gasteiger partial charge in [0.15, 0.2) is 0 Å². The first-order valence-corrected chi connectivity index (χ1v) is 10.9. The van der Waals surface area contributed by atoms with Crippen molar-refractivity contribution in [3.8, 4) is 10.4 Å². The maximum absolute atomic E-state index is 12.2. The molecule has 0 bridgehead atoms. The highest BCUT2D eigenvalue weighted by Gasteiger charge is 2.18. The molecule has 30 heavy (non-hydrogen) atoms. The first-order chi connectivity index (χ1) is 14.7. The standard InChI is InChI=1S/C26H21N2OS/c1-2-17-7-3-4-8-19(17)16-28-22-10-5-9-21(26(27)29)25(22)20-13-12-18(15-23(20)28)24-11-6-14-30-24/h3-12,14-15H,2,16H2,1H3,(H2,27,29). The third kappa shape index (κ3) is 3.01. The molecule has 0 unspecified atom stereocenters. The summed E-state index contributed by atoms with van der Waals surface area (Å²) in [6, 6.07) is 26.2. The molecule has 0 atom stereocenters. The Labute approximate surface area is 179 Å². The van der Waals surface area contributed by atoms with Gasteiger partial charge in [0, 0.05) is 27.8 Å². The fourth-order valence-electron chi connectivity index (χ4n) is 4.24. The molecule has 3 nitrogen and oxygen atoms in total. The second-order valence-electron chi connectivity index (χ2n) is 7.40. The van der Waals surface area contributed by atoms with Gasteiger partial charge in [-0.05, 0) is 64.9 Å². The van der Waals surface area contributed by atoms with Gasteiger partial charge in [-0.2, -0.15) is 0 Å². The fraction of sp³-hybridized carbons (Fsp3) is 0.115. The molecule has 2 N–H and O–H groups in total. The number of thiophene rings is 1. The molecule has 5 aromatic rings. The molecular formula is C26H21N2OS. The number of amides is 1. The summed E-state index contributed by atoms with van der Waals surface area (Å²) in [4.78, 5) is 13.4. The van der Waals surface area contributed by atoms with E-state index in [1.807, 2.05) is 12.1 Å². The van der Waals surface area contributed by atoms with Gasteiger partial charge in [0.2, 0.25) is 5.91 Å². The number of hydrogen-bond donors (Lipinski definition) is 1. The minimum atomic E-state index is -0.413. The van der Waals surface area contributed by atoms with Gasteiger partial charge in [-0.15, -0.1) is 11.3 Å². The summed E-state index contributed by atoms with van der Waals surface area (Å²) in [5.41, 5.74) is 12.1. The zero-order valence-electron chi connectivity index (χ0n) is 16.7. The normalized spacial score (nSPS) is 11.4. The Morgan fingerprint density at radius 3 is 2.60 bits per heavy atom. The molecule has 0 spiro atoms. The van der Waals surface area contributed by atoms with Gasteiger partial charge in [-0.25, -0.2) is 0 Å². The van der Waals surface area contributed by atoms with Crippen molar-refractivity contribution in [2.24, 2.45) is 5.73 Å². The van der Waals surface area contributed by atoms with Crippen LogP contribution in [0.15, 0.2) is 72.1 Å². The molecule has 0 aliphatic heterocycles. The van der Waals surface area contributed by atoms with Crippen molar-refractivity contribution in [2.75, 3.05) is 0 Å². The lowest BCUT2D eigenvalue weighted by Crippen LogP contribution is -2.11. The van der Waals surface area contributed by atoms with E-state index in [1.165, 1.54) is 16.0 Å². The summed E-state index contributed by atoms with van der Waals surface area (Å²) in [6.07, 6.45) is 0.979. The molecule has 3 aromatic carbocycles. The van der Waals surface area contributed by atoms with E-state index >= 15 is 0 Å². The molecule has 2 aromatic heterocycles. The molecule has 0 aliphatic rings. The van der Waals surface area contributed by atoms with Gasteiger partial charge >= 0.3 is 0 Å². The van der Waals surface area contributed by atoms with Crippen LogP contribution in [0.5, 0.6) is 0 Å². The summed E-state index contributed by atoms with van der Waals surface area (Å²) in [6.45, 7) is 2.91. The number of hydrogen-bond acceptors (Lipinski definition) is 2. The Morgan fingerprint density at radius 1 is 1.03 bits per heavy atom. The molecule has 0 saturated carbocycles. The summed E-state index contributed by atoms with van der Waals surface area (Å²) < 4.78 is 2.29. The average molecular weight is 410 g/mol. The minimum Gasteiger partial charge on any atom is -0.366 e. The molecule has 2 heterocycles. The number of nitrogens with zero attached hydrogens (tertiary/aromatic N) is 1. The summed E-state index contributed by atoms with van der Waals surface area (Å²) in [5.74, 6) is -0.413. The molecular weight excluding hydrogens is 388 g/mol.